The summed E-state index contributed by atoms with van der Waals surface area (Å²) in [6.45, 7) is 3.72. The molecule has 2 aromatic heterocycles. The van der Waals surface area contributed by atoms with E-state index in [-0.39, 0.29) is 23.9 Å². The Balaban J connectivity index is 2.14. The highest BCUT2D eigenvalue weighted by Crippen LogP contribution is 2.37. The molecule has 138 valence electrons. The standard InChI is InChI=1S/C17H20N4O4S/c1-5-13(22)21-11(12-7-6-9(2)26-12)8-10(18-21)14-15(23)19(3)17(25)20(4)16(14)24/h6-7,11,23H,5,8H2,1-4H3/t11-/m0/s1. The Morgan fingerprint density at radius 3 is 2.58 bits per heavy atom. The number of amides is 1. The van der Waals surface area contributed by atoms with Gasteiger partial charge in [-0.15, -0.1) is 11.3 Å². The number of thiophene rings is 1. The lowest BCUT2D eigenvalue weighted by molar-refractivity contribution is -0.132. The van der Waals surface area contributed by atoms with Crippen molar-refractivity contribution in [2.75, 3.05) is 0 Å². The number of nitrogens with zero attached hydrogens (tertiary/aromatic N) is 4. The molecule has 0 fully saturated rings. The Kier molecular flexibility index (Phi) is 4.57. The van der Waals surface area contributed by atoms with Crippen LogP contribution in [-0.2, 0) is 18.9 Å². The molecule has 0 saturated carbocycles. The van der Waals surface area contributed by atoms with Crippen LogP contribution in [0, 0.1) is 6.92 Å². The monoisotopic (exact) mass is 376 g/mol. The van der Waals surface area contributed by atoms with E-state index in [0.29, 0.717) is 12.1 Å². The number of rotatable bonds is 3. The van der Waals surface area contributed by atoms with Crippen LogP contribution in [-0.4, -0.2) is 30.9 Å². The van der Waals surface area contributed by atoms with Crippen LogP contribution < -0.4 is 11.2 Å². The lowest BCUT2D eigenvalue weighted by Crippen LogP contribution is -2.39. The van der Waals surface area contributed by atoms with E-state index in [1.165, 1.54) is 19.1 Å². The van der Waals surface area contributed by atoms with Gasteiger partial charge in [-0.1, -0.05) is 6.92 Å². The molecule has 3 heterocycles. The van der Waals surface area contributed by atoms with Crippen molar-refractivity contribution in [2.24, 2.45) is 19.2 Å². The van der Waals surface area contributed by atoms with Gasteiger partial charge in [-0.3, -0.25) is 18.7 Å². The fourth-order valence-corrected chi connectivity index (χ4v) is 3.96. The Labute approximate surface area is 153 Å². The van der Waals surface area contributed by atoms with E-state index in [0.717, 1.165) is 18.9 Å². The van der Waals surface area contributed by atoms with Gasteiger partial charge in [-0.2, -0.15) is 5.10 Å². The second kappa shape index (κ2) is 6.56. The lowest BCUT2D eigenvalue weighted by Gasteiger charge is -2.19. The first-order valence-electron chi connectivity index (χ1n) is 8.21. The van der Waals surface area contributed by atoms with Gasteiger partial charge in [-0.05, 0) is 19.1 Å². The van der Waals surface area contributed by atoms with Crippen LogP contribution in [0.15, 0.2) is 26.8 Å². The smallest absolute Gasteiger partial charge is 0.333 e. The van der Waals surface area contributed by atoms with E-state index in [2.05, 4.69) is 5.10 Å². The first kappa shape index (κ1) is 18.1. The van der Waals surface area contributed by atoms with Crippen LogP contribution in [0.25, 0.3) is 0 Å². The molecule has 0 saturated heterocycles. The maximum atomic E-state index is 12.6. The van der Waals surface area contributed by atoms with Crippen LogP contribution >= 0.6 is 11.3 Å². The van der Waals surface area contributed by atoms with Crippen molar-refractivity contribution in [1.29, 1.82) is 0 Å². The van der Waals surface area contributed by atoms with Crippen molar-refractivity contribution in [1.82, 2.24) is 14.1 Å². The Bertz CT molecular complexity index is 1030. The van der Waals surface area contributed by atoms with E-state index < -0.39 is 17.1 Å². The van der Waals surface area contributed by atoms with Gasteiger partial charge in [0, 0.05) is 36.7 Å². The fourth-order valence-electron chi connectivity index (χ4n) is 2.99. The summed E-state index contributed by atoms with van der Waals surface area (Å²) in [5.74, 6) is -0.610. The first-order valence-corrected chi connectivity index (χ1v) is 9.03. The summed E-state index contributed by atoms with van der Waals surface area (Å²) in [5, 5.41) is 16.1. The number of hydrazone groups is 1. The first-order chi connectivity index (χ1) is 12.3. The summed E-state index contributed by atoms with van der Waals surface area (Å²) < 4.78 is 1.92. The SMILES string of the molecule is CCC(=O)N1N=C(c2c(O)n(C)c(=O)n(C)c2=O)C[C@H]1c1ccc(C)s1. The van der Waals surface area contributed by atoms with E-state index in [1.807, 2.05) is 19.1 Å². The third kappa shape index (κ3) is 2.78. The molecule has 2 aromatic rings. The highest BCUT2D eigenvalue weighted by atomic mass is 32.1. The highest BCUT2D eigenvalue weighted by molar-refractivity contribution is 7.12. The molecule has 1 aliphatic rings. The molecule has 8 nitrogen and oxygen atoms in total. The Hall–Kier alpha value is -2.68. The average Bonchev–Trinajstić information content (AvgIpc) is 3.24. The van der Waals surface area contributed by atoms with Gasteiger partial charge in [0.1, 0.15) is 5.56 Å². The van der Waals surface area contributed by atoms with Crippen LogP contribution in [0.4, 0.5) is 0 Å². The van der Waals surface area contributed by atoms with Crippen molar-refractivity contribution in [3.63, 3.8) is 0 Å². The number of aromatic nitrogens is 2. The van der Waals surface area contributed by atoms with E-state index >= 15 is 0 Å². The number of aromatic hydroxyl groups is 1. The van der Waals surface area contributed by atoms with Crippen LogP contribution in [0.5, 0.6) is 5.88 Å². The number of carbonyl (C=O) groups excluding carboxylic acids is 1. The van der Waals surface area contributed by atoms with Crippen molar-refractivity contribution in [3.05, 3.63) is 48.3 Å². The molecule has 9 heteroatoms. The molecular formula is C17H20N4O4S. The number of carbonyl (C=O) groups is 1. The molecule has 26 heavy (non-hydrogen) atoms. The molecule has 0 spiro atoms. The quantitative estimate of drug-likeness (QED) is 0.872. The van der Waals surface area contributed by atoms with Crippen LogP contribution in [0.2, 0.25) is 0 Å². The fraction of sp³-hybridized carbons (Fsp3) is 0.412. The molecule has 1 aliphatic heterocycles. The van der Waals surface area contributed by atoms with Crippen molar-refractivity contribution < 1.29 is 9.90 Å². The number of hydrogen-bond donors (Lipinski definition) is 1. The Morgan fingerprint density at radius 2 is 2.00 bits per heavy atom. The van der Waals surface area contributed by atoms with Crippen LogP contribution in [0.3, 0.4) is 0 Å². The third-order valence-electron chi connectivity index (χ3n) is 4.48. The van der Waals surface area contributed by atoms with E-state index in [9.17, 15) is 19.5 Å². The summed E-state index contributed by atoms with van der Waals surface area (Å²) in [5.41, 5.74) is -0.992. The summed E-state index contributed by atoms with van der Waals surface area (Å²) in [7, 11) is 2.73. The summed E-state index contributed by atoms with van der Waals surface area (Å²) in [4.78, 5) is 38.9. The van der Waals surface area contributed by atoms with Crippen molar-refractivity contribution >= 4 is 23.0 Å². The topological polar surface area (TPSA) is 96.9 Å². The second-order valence-electron chi connectivity index (χ2n) is 6.21. The zero-order valence-corrected chi connectivity index (χ0v) is 15.8. The summed E-state index contributed by atoms with van der Waals surface area (Å²) in [6.07, 6.45) is 0.571. The molecule has 1 amide bonds. The summed E-state index contributed by atoms with van der Waals surface area (Å²) >= 11 is 1.56. The third-order valence-corrected chi connectivity index (χ3v) is 5.58. The largest absolute Gasteiger partial charge is 0.494 e. The minimum atomic E-state index is -0.628. The second-order valence-corrected chi connectivity index (χ2v) is 7.53. The van der Waals surface area contributed by atoms with Gasteiger partial charge in [-0.25, -0.2) is 9.80 Å². The minimum Gasteiger partial charge on any atom is -0.494 e. The number of hydrogen-bond acceptors (Lipinski definition) is 6. The Morgan fingerprint density at radius 1 is 1.31 bits per heavy atom. The van der Waals surface area contributed by atoms with Gasteiger partial charge in [0.05, 0.1) is 11.8 Å². The molecule has 3 rings (SSSR count). The molecule has 0 unspecified atom stereocenters. The molecule has 1 atom stereocenters. The van der Waals surface area contributed by atoms with E-state index in [4.69, 9.17) is 0 Å². The van der Waals surface area contributed by atoms with Gasteiger partial charge in [0.2, 0.25) is 11.8 Å². The van der Waals surface area contributed by atoms with Gasteiger partial charge in [0.25, 0.3) is 5.56 Å². The number of aryl methyl sites for hydroxylation is 1. The van der Waals surface area contributed by atoms with Gasteiger partial charge in [0.15, 0.2) is 0 Å². The molecule has 0 aromatic carbocycles. The summed E-state index contributed by atoms with van der Waals surface area (Å²) in [6, 6.07) is 3.59. The van der Waals surface area contributed by atoms with Gasteiger partial charge >= 0.3 is 5.69 Å². The maximum Gasteiger partial charge on any atom is 0.333 e. The molecule has 1 N–H and O–H groups in total. The normalized spacial score (nSPS) is 16.8. The van der Waals surface area contributed by atoms with E-state index in [1.54, 1.807) is 18.3 Å². The predicted octanol–water partition coefficient (Wildman–Crippen LogP) is 1.25. The highest BCUT2D eigenvalue weighted by Gasteiger charge is 2.35. The van der Waals surface area contributed by atoms with Gasteiger partial charge < -0.3 is 5.11 Å². The average molecular weight is 376 g/mol. The lowest BCUT2D eigenvalue weighted by atomic mass is 10.0. The van der Waals surface area contributed by atoms with Crippen LogP contribution in [0.1, 0.15) is 41.1 Å². The van der Waals surface area contributed by atoms with Crippen molar-refractivity contribution in [3.8, 4) is 5.88 Å². The van der Waals surface area contributed by atoms with Crippen molar-refractivity contribution in [2.45, 2.75) is 32.7 Å². The predicted molar refractivity (Wildman–Crippen MR) is 98.7 cm³/mol. The molecule has 0 aliphatic carbocycles. The molecular weight excluding hydrogens is 356 g/mol. The zero-order valence-electron chi connectivity index (χ0n) is 15.0. The molecule has 0 bridgehead atoms. The minimum absolute atomic E-state index is 0.0423. The maximum absolute atomic E-state index is 12.6. The zero-order chi connectivity index (χ0) is 19.2. The molecule has 0 radical (unpaired) electrons.